The number of fused-ring (bicyclic) bond motifs is 7. The van der Waals surface area contributed by atoms with Gasteiger partial charge in [0, 0.05) is 33.0 Å². The molecule has 0 radical (unpaired) electrons. The Morgan fingerprint density at radius 2 is 1.20 bits per heavy atom. The first-order chi connectivity index (χ1) is 21.9. The van der Waals surface area contributed by atoms with E-state index < -0.39 is 15.4 Å². The molecule has 0 N–H and O–H groups in total. The second-order valence-corrected chi connectivity index (χ2v) is 13.6. The Kier molecular flexibility index (Phi) is 5.22. The Morgan fingerprint density at radius 3 is 1.84 bits per heavy atom. The van der Waals surface area contributed by atoms with Gasteiger partial charge in [-0.1, -0.05) is 91.0 Å². The summed E-state index contributed by atoms with van der Waals surface area (Å²) in [6, 6.07) is 42.8. The molecular formula is C39H25NO4S. The van der Waals surface area contributed by atoms with E-state index in [-0.39, 0.29) is 26.7 Å². The number of sulfone groups is 1. The molecular weight excluding hydrogens is 578 g/mol. The molecule has 2 aliphatic rings. The highest BCUT2D eigenvalue weighted by Gasteiger charge is 2.48. The van der Waals surface area contributed by atoms with Crippen LogP contribution in [0.25, 0.3) is 21.8 Å². The molecule has 3 heterocycles. The summed E-state index contributed by atoms with van der Waals surface area (Å²) in [5.74, 6) is 1.07. The van der Waals surface area contributed by atoms with Crippen LogP contribution in [-0.4, -0.2) is 18.8 Å². The van der Waals surface area contributed by atoms with E-state index >= 15 is 0 Å². The number of aromatic nitrogens is 1. The van der Waals surface area contributed by atoms with Crippen LogP contribution >= 0.6 is 0 Å². The van der Waals surface area contributed by atoms with Crippen molar-refractivity contribution in [2.24, 2.45) is 0 Å². The monoisotopic (exact) mass is 603 g/mol. The van der Waals surface area contributed by atoms with Gasteiger partial charge < -0.3 is 9.30 Å². The summed E-state index contributed by atoms with van der Waals surface area (Å²) in [6.07, 6.45) is 0. The Balaban J connectivity index is 1.48. The van der Waals surface area contributed by atoms with Crippen molar-refractivity contribution in [2.45, 2.75) is 22.3 Å². The van der Waals surface area contributed by atoms with Gasteiger partial charge in [0.1, 0.15) is 17.0 Å². The molecule has 2 aliphatic heterocycles. The van der Waals surface area contributed by atoms with Crippen molar-refractivity contribution < 1.29 is 17.9 Å². The number of aryl methyl sites for hydroxylation is 1. The SMILES string of the molecule is Cc1cccc2c1C(=O)c1ccc(C3(n4c5ccccc5c5ccccc54)c4ccccc4Oc4ccccc43)cc1S2(=O)=O. The molecule has 0 fully saturated rings. The first-order valence-corrected chi connectivity index (χ1v) is 16.3. The Labute approximate surface area is 259 Å². The molecule has 9 rings (SSSR count). The van der Waals surface area contributed by atoms with E-state index in [2.05, 4.69) is 28.8 Å². The third-order valence-electron chi connectivity index (χ3n) is 9.37. The molecule has 0 saturated heterocycles. The molecule has 0 atom stereocenters. The van der Waals surface area contributed by atoms with Gasteiger partial charge in [0.25, 0.3) is 0 Å². The number of hydrogen-bond acceptors (Lipinski definition) is 4. The first kappa shape index (κ1) is 26.0. The lowest BCUT2D eigenvalue weighted by atomic mass is 9.74. The lowest BCUT2D eigenvalue weighted by Crippen LogP contribution is -2.40. The number of para-hydroxylation sites is 4. The third kappa shape index (κ3) is 3.27. The molecule has 0 amide bonds. The summed E-state index contributed by atoms with van der Waals surface area (Å²) in [5, 5.41) is 2.16. The number of ketones is 1. The van der Waals surface area contributed by atoms with Crippen LogP contribution in [0.3, 0.4) is 0 Å². The van der Waals surface area contributed by atoms with Gasteiger partial charge in [0.2, 0.25) is 9.84 Å². The average Bonchev–Trinajstić information content (AvgIpc) is 3.41. The molecule has 216 valence electrons. The van der Waals surface area contributed by atoms with Crippen LogP contribution in [0, 0.1) is 6.92 Å². The van der Waals surface area contributed by atoms with E-state index in [9.17, 15) is 13.2 Å². The van der Waals surface area contributed by atoms with Gasteiger partial charge in [-0.25, -0.2) is 8.42 Å². The fraction of sp³-hybridized carbons (Fsp3) is 0.0513. The Morgan fingerprint density at radius 1 is 0.622 bits per heavy atom. The molecule has 0 unspecified atom stereocenters. The zero-order valence-electron chi connectivity index (χ0n) is 24.2. The van der Waals surface area contributed by atoms with E-state index in [1.807, 2.05) is 78.9 Å². The standard InChI is InChI=1S/C39H25NO4S/c1-24-11-10-20-35-37(24)38(41)28-22-21-25(23-36(28)45(35,42)43)39(29-14-4-8-18-33(29)44-34-19-9-5-15-30(34)39)40-31-16-6-2-12-26(31)27-13-3-7-17-32(27)40/h2-23H,1H3. The number of carbonyl (C=O) groups excluding carboxylic acids is 1. The molecule has 0 spiro atoms. The van der Waals surface area contributed by atoms with E-state index in [1.54, 1.807) is 31.2 Å². The zero-order valence-corrected chi connectivity index (χ0v) is 25.0. The van der Waals surface area contributed by atoms with E-state index in [4.69, 9.17) is 4.74 Å². The van der Waals surface area contributed by atoms with Crippen molar-refractivity contribution in [3.63, 3.8) is 0 Å². The lowest BCUT2D eigenvalue weighted by Gasteiger charge is -2.43. The van der Waals surface area contributed by atoms with Crippen molar-refractivity contribution >= 4 is 37.4 Å². The normalized spacial score (nSPS) is 15.5. The minimum atomic E-state index is -4.01. The fourth-order valence-corrected chi connectivity index (χ4v) is 9.25. The minimum absolute atomic E-state index is 0.0182. The number of ether oxygens (including phenoxy) is 1. The van der Waals surface area contributed by atoms with Crippen LogP contribution in [0.2, 0.25) is 0 Å². The van der Waals surface area contributed by atoms with Crippen LogP contribution in [0.15, 0.2) is 143 Å². The van der Waals surface area contributed by atoms with Crippen LogP contribution < -0.4 is 4.74 Å². The molecule has 0 aliphatic carbocycles. The highest BCUT2D eigenvalue weighted by molar-refractivity contribution is 7.91. The molecule has 6 heteroatoms. The number of benzene rings is 6. The van der Waals surface area contributed by atoms with Crippen molar-refractivity contribution in [3.8, 4) is 11.5 Å². The molecule has 0 bridgehead atoms. The van der Waals surface area contributed by atoms with Crippen LogP contribution in [0.1, 0.15) is 38.2 Å². The van der Waals surface area contributed by atoms with Gasteiger partial charge >= 0.3 is 0 Å². The van der Waals surface area contributed by atoms with Crippen molar-refractivity contribution in [3.05, 3.63) is 167 Å². The summed E-state index contributed by atoms with van der Waals surface area (Å²) >= 11 is 0. The first-order valence-electron chi connectivity index (χ1n) is 14.8. The summed E-state index contributed by atoms with van der Waals surface area (Å²) < 4.78 is 37.5. The second-order valence-electron chi connectivity index (χ2n) is 11.7. The average molecular weight is 604 g/mol. The van der Waals surface area contributed by atoms with Crippen LogP contribution in [0.4, 0.5) is 0 Å². The summed E-state index contributed by atoms with van der Waals surface area (Å²) in [4.78, 5) is 13.9. The molecule has 7 aromatic rings. The van der Waals surface area contributed by atoms with Gasteiger partial charge in [-0.3, -0.25) is 4.79 Å². The molecule has 45 heavy (non-hydrogen) atoms. The van der Waals surface area contributed by atoms with E-state index in [0.29, 0.717) is 22.6 Å². The van der Waals surface area contributed by atoms with Gasteiger partial charge in [0.15, 0.2) is 5.78 Å². The Bertz CT molecular complexity index is 2430. The largest absolute Gasteiger partial charge is 0.457 e. The molecule has 0 saturated carbocycles. The summed E-state index contributed by atoms with van der Waals surface area (Å²) in [6.45, 7) is 1.78. The van der Waals surface area contributed by atoms with Gasteiger partial charge in [-0.2, -0.15) is 0 Å². The summed E-state index contributed by atoms with van der Waals surface area (Å²) in [5.41, 5.74) is 4.44. The predicted octanol–water partition coefficient (Wildman–Crippen LogP) is 8.43. The molecule has 1 aromatic heterocycles. The van der Waals surface area contributed by atoms with Crippen molar-refractivity contribution in [2.75, 3.05) is 0 Å². The maximum absolute atomic E-state index is 14.4. The second kappa shape index (κ2) is 9.03. The van der Waals surface area contributed by atoms with Gasteiger partial charge in [-0.05, 0) is 60.5 Å². The third-order valence-corrected chi connectivity index (χ3v) is 11.2. The Hall–Kier alpha value is -5.46. The quantitative estimate of drug-likeness (QED) is 0.199. The topological polar surface area (TPSA) is 65.4 Å². The zero-order chi connectivity index (χ0) is 30.5. The summed E-state index contributed by atoms with van der Waals surface area (Å²) in [7, 11) is -4.01. The van der Waals surface area contributed by atoms with Crippen LogP contribution in [-0.2, 0) is 15.4 Å². The minimum Gasteiger partial charge on any atom is -0.457 e. The highest BCUT2D eigenvalue weighted by Crippen LogP contribution is 2.55. The highest BCUT2D eigenvalue weighted by atomic mass is 32.2. The van der Waals surface area contributed by atoms with Crippen LogP contribution in [0.5, 0.6) is 11.5 Å². The maximum Gasteiger partial charge on any atom is 0.208 e. The predicted molar refractivity (Wildman–Crippen MR) is 174 cm³/mol. The lowest BCUT2D eigenvalue weighted by molar-refractivity contribution is 0.103. The van der Waals surface area contributed by atoms with Gasteiger partial charge in [0.05, 0.1) is 20.8 Å². The number of hydrogen-bond donors (Lipinski definition) is 0. The number of rotatable bonds is 2. The van der Waals surface area contributed by atoms with Crippen molar-refractivity contribution in [1.29, 1.82) is 0 Å². The van der Waals surface area contributed by atoms with Crippen molar-refractivity contribution in [1.82, 2.24) is 4.57 Å². The molecule has 6 aromatic carbocycles. The van der Waals surface area contributed by atoms with Gasteiger partial charge in [-0.15, -0.1) is 0 Å². The fourth-order valence-electron chi connectivity index (χ4n) is 7.50. The van der Waals surface area contributed by atoms with E-state index in [1.165, 1.54) is 6.07 Å². The number of carbonyl (C=O) groups is 1. The maximum atomic E-state index is 14.4. The van der Waals surface area contributed by atoms with E-state index in [0.717, 1.165) is 32.9 Å². The smallest absolute Gasteiger partial charge is 0.208 e. The molecule has 5 nitrogen and oxygen atoms in total. The number of nitrogens with zero attached hydrogens (tertiary/aromatic N) is 1.